The molecule has 0 atom stereocenters. The van der Waals surface area contributed by atoms with E-state index < -0.39 is 0 Å². The van der Waals surface area contributed by atoms with Crippen LogP contribution in [-0.2, 0) is 6.61 Å². The number of hydrogen-bond donors (Lipinski definition) is 2. The lowest BCUT2D eigenvalue weighted by atomic mass is 10.2. The van der Waals surface area contributed by atoms with E-state index in [1.807, 2.05) is 85.8 Å². The Hall–Kier alpha value is -3.18. The van der Waals surface area contributed by atoms with Crippen LogP contribution in [0, 0.1) is 6.92 Å². The van der Waals surface area contributed by atoms with E-state index in [2.05, 4.69) is 15.8 Å². The van der Waals surface area contributed by atoms with Gasteiger partial charge in [-0.3, -0.25) is 5.43 Å². The predicted molar refractivity (Wildman–Crippen MR) is 115 cm³/mol. The summed E-state index contributed by atoms with van der Waals surface area (Å²) < 4.78 is 5.92. The van der Waals surface area contributed by atoms with E-state index in [1.165, 1.54) is 5.56 Å². The number of rotatable bonds is 6. The molecule has 3 rings (SSSR count). The minimum atomic E-state index is 0.429. The Morgan fingerprint density at radius 3 is 2.44 bits per heavy atom. The van der Waals surface area contributed by atoms with Gasteiger partial charge in [0.1, 0.15) is 12.4 Å². The molecule has 0 fully saturated rings. The Morgan fingerprint density at radius 1 is 0.963 bits per heavy atom. The van der Waals surface area contributed by atoms with E-state index in [-0.39, 0.29) is 0 Å². The third-order valence-electron chi connectivity index (χ3n) is 3.84. The SMILES string of the molecule is Cc1ccc(NC(=S)N/N=C\c2ccccc2OCc2ccccc2)cc1. The van der Waals surface area contributed by atoms with Crippen molar-refractivity contribution in [1.82, 2.24) is 5.43 Å². The molecule has 4 nitrogen and oxygen atoms in total. The summed E-state index contributed by atoms with van der Waals surface area (Å²) in [4.78, 5) is 0. The number of nitrogens with zero attached hydrogens (tertiary/aromatic N) is 1. The van der Waals surface area contributed by atoms with Crippen molar-refractivity contribution >= 4 is 29.2 Å². The van der Waals surface area contributed by atoms with Gasteiger partial charge in [0.25, 0.3) is 0 Å². The summed E-state index contributed by atoms with van der Waals surface area (Å²) in [6, 6.07) is 25.8. The molecule has 0 aliphatic carbocycles. The summed E-state index contributed by atoms with van der Waals surface area (Å²) >= 11 is 5.26. The minimum absolute atomic E-state index is 0.429. The smallest absolute Gasteiger partial charge is 0.191 e. The maximum atomic E-state index is 5.92. The second kappa shape index (κ2) is 9.50. The van der Waals surface area contributed by atoms with E-state index in [0.29, 0.717) is 11.7 Å². The first kappa shape index (κ1) is 18.6. The number of ether oxygens (including phenoxy) is 1. The van der Waals surface area contributed by atoms with Gasteiger partial charge in [-0.1, -0.05) is 60.2 Å². The third kappa shape index (κ3) is 5.94. The Balaban J connectivity index is 1.56. The molecule has 0 aromatic heterocycles. The van der Waals surface area contributed by atoms with Gasteiger partial charge in [0.15, 0.2) is 5.11 Å². The van der Waals surface area contributed by atoms with Crippen LogP contribution in [0.25, 0.3) is 0 Å². The first-order valence-electron chi connectivity index (χ1n) is 8.63. The lowest BCUT2D eigenvalue weighted by Crippen LogP contribution is -2.23. The van der Waals surface area contributed by atoms with Crippen LogP contribution >= 0.6 is 12.2 Å². The molecule has 0 saturated heterocycles. The number of hydrazone groups is 1. The fourth-order valence-corrected chi connectivity index (χ4v) is 2.58. The Labute approximate surface area is 164 Å². The zero-order chi connectivity index (χ0) is 18.9. The van der Waals surface area contributed by atoms with Crippen LogP contribution in [0.3, 0.4) is 0 Å². The fourth-order valence-electron chi connectivity index (χ4n) is 2.41. The predicted octanol–water partition coefficient (Wildman–Crippen LogP) is 4.89. The molecule has 0 aliphatic rings. The van der Waals surface area contributed by atoms with Gasteiger partial charge in [-0.2, -0.15) is 5.10 Å². The van der Waals surface area contributed by atoms with Crippen molar-refractivity contribution in [2.45, 2.75) is 13.5 Å². The van der Waals surface area contributed by atoms with Crippen molar-refractivity contribution < 1.29 is 4.74 Å². The minimum Gasteiger partial charge on any atom is -0.488 e. The van der Waals surface area contributed by atoms with E-state index in [0.717, 1.165) is 22.6 Å². The molecule has 2 N–H and O–H groups in total. The number of hydrogen-bond acceptors (Lipinski definition) is 3. The zero-order valence-corrected chi connectivity index (χ0v) is 15.9. The quantitative estimate of drug-likeness (QED) is 0.366. The average Bonchev–Trinajstić information content (AvgIpc) is 2.70. The molecule has 5 heteroatoms. The average molecular weight is 375 g/mol. The number of anilines is 1. The topological polar surface area (TPSA) is 45.7 Å². The second-order valence-electron chi connectivity index (χ2n) is 6.00. The summed E-state index contributed by atoms with van der Waals surface area (Å²) in [6.07, 6.45) is 1.70. The normalized spacial score (nSPS) is 10.6. The Bertz CT molecular complexity index is 908. The Morgan fingerprint density at radius 2 is 1.67 bits per heavy atom. The molecule has 3 aromatic rings. The van der Waals surface area contributed by atoms with E-state index >= 15 is 0 Å². The van der Waals surface area contributed by atoms with Crippen LogP contribution in [0.1, 0.15) is 16.7 Å². The van der Waals surface area contributed by atoms with Crippen LogP contribution in [-0.4, -0.2) is 11.3 Å². The highest BCUT2D eigenvalue weighted by atomic mass is 32.1. The van der Waals surface area contributed by atoms with Crippen LogP contribution in [0.5, 0.6) is 5.75 Å². The molecule has 0 spiro atoms. The van der Waals surface area contributed by atoms with Crippen molar-refractivity contribution in [1.29, 1.82) is 0 Å². The molecule has 27 heavy (non-hydrogen) atoms. The van der Waals surface area contributed by atoms with Gasteiger partial charge < -0.3 is 10.1 Å². The first-order chi connectivity index (χ1) is 13.2. The lowest BCUT2D eigenvalue weighted by molar-refractivity contribution is 0.306. The molecular formula is C22H21N3OS. The number of benzene rings is 3. The van der Waals surface area contributed by atoms with Crippen LogP contribution in [0.4, 0.5) is 5.69 Å². The highest BCUT2D eigenvalue weighted by Crippen LogP contribution is 2.17. The van der Waals surface area contributed by atoms with Crippen molar-refractivity contribution in [2.75, 3.05) is 5.32 Å². The first-order valence-corrected chi connectivity index (χ1v) is 9.04. The molecule has 0 bridgehead atoms. The maximum Gasteiger partial charge on any atom is 0.191 e. The van der Waals surface area contributed by atoms with Gasteiger partial charge in [-0.05, 0) is 49.0 Å². The Kier molecular flexibility index (Phi) is 6.55. The van der Waals surface area contributed by atoms with Gasteiger partial charge in [0.2, 0.25) is 0 Å². The summed E-state index contributed by atoms with van der Waals surface area (Å²) in [5.74, 6) is 0.768. The lowest BCUT2D eigenvalue weighted by Gasteiger charge is -2.09. The van der Waals surface area contributed by atoms with Crippen LogP contribution in [0.15, 0.2) is 84.0 Å². The third-order valence-corrected chi connectivity index (χ3v) is 4.03. The molecule has 0 saturated carbocycles. The van der Waals surface area contributed by atoms with E-state index in [4.69, 9.17) is 17.0 Å². The van der Waals surface area contributed by atoms with Gasteiger partial charge in [0.05, 0.1) is 6.21 Å². The van der Waals surface area contributed by atoms with Crippen molar-refractivity contribution in [3.05, 3.63) is 95.6 Å². The van der Waals surface area contributed by atoms with Gasteiger partial charge in [0, 0.05) is 11.3 Å². The summed E-state index contributed by atoms with van der Waals surface area (Å²) in [6.45, 7) is 2.55. The monoisotopic (exact) mass is 375 g/mol. The van der Waals surface area contributed by atoms with Gasteiger partial charge in [-0.15, -0.1) is 0 Å². The number of para-hydroxylation sites is 1. The number of aryl methyl sites for hydroxylation is 1. The van der Waals surface area contributed by atoms with Crippen molar-refractivity contribution in [3.8, 4) is 5.75 Å². The number of nitrogens with one attached hydrogen (secondary N) is 2. The van der Waals surface area contributed by atoms with Gasteiger partial charge >= 0.3 is 0 Å². The molecule has 0 unspecified atom stereocenters. The van der Waals surface area contributed by atoms with E-state index in [9.17, 15) is 0 Å². The van der Waals surface area contributed by atoms with E-state index in [1.54, 1.807) is 6.21 Å². The second-order valence-corrected chi connectivity index (χ2v) is 6.41. The molecule has 136 valence electrons. The largest absolute Gasteiger partial charge is 0.488 e. The molecule has 0 amide bonds. The highest BCUT2D eigenvalue weighted by molar-refractivity contribution is 7.80. The molecular weight excluding hydrogens is 354 g/mol. The number of thiocarbonyl (C=S) groups is 1. The standard InChI is InChI=1S/C22H21N3OS/c1-17-11-13-20(14-12-17)24-22(27)25-23-15-19-9-5-6-10-21(19)26-16-18-7-3-2-4-8-18/h2-15H,16H2,1H3,(H2,24,25,27)/b23-15-. The molecule has 0 heterocycles. The maximum absolute atomic E-state index is 5.92. The molecule has 0 radical (unpaired) electrons. The molecule has 0 aliphatic heterocycles. The van der Waals surface area contributed by atoms with Crippen molar-refractivity contribution in [3.63, 3.8) is 0 Å². The zero-order valence-electron chi connectivity index (χ0n) is 15.1. The van der Waals surface area contributed by atoms with Crippen LogP contribution in [0.2, 0.25) is 0 Å². The summed E-state index contributed by atoms with van der Waals surface area (Å²) in [5.41, 5.74) is 6.94. The van der Waals surface area contributed by atoms with Gasteiger partial charge in [-0.25, -0.2) is 0 Å². The summed E-state index contributed by atoms with van der Waals surface area (Å²) in [7, 11) is 0. The van der Waals surface area contributed by atoms with Crippen LogP contribution < -0.4 is 15.5 Å². The van der Waals surface area contributed by atoms with Crippen molar-refractivity contribution in [2.24, 2.45) is 5.10 Å². The fraction of sp³-hybridized carbons (Fsp3) is 0.0909. The summed E-state index contributed by atoms with van der Waals surface area (Å²) in [5, 5.41) is 7.73. The highest BCUT2D eigenvalue weighted by Gasteiger charge is 2.02. The molecule has 3 aromatic carbocycles.